The van der Waals surface area contributed by atoms with E-state index in [2.05, 4.69) is 4.90 Å². The molecular weight excluding hydrogens is 454 g/mol. The SMILES string of the molecule is CCOC(=O)c1c(C)oc2c1c([C@H](c1ccccc1Cl)N1CCOCC1)c(O)c1ccccc12. The largest absolute Gasteiger partial charge is 0.507 e. The van der Waals surface area contributed by atoms with E-state index in [4.69, 9.17) is 25.5 Å². The Kier molecular flexibility index (Phi) is 6.21. The zero-order valence-corrected chi connectivity index (χ0v) is 19.9. The lowest BCUT2D eigenvalue weighted by Gasteiger charge is -2.36. The molecule has 0 unspecified atom stereocenters. The molecule has 0 bridgehead atoms. The first kappa shape index (κ1) is 22.7. The normalized spacial score (nSPS) is 15.6. The highest BCUT2D eigenvalue weighted by atomic mass is 35.5. The highest BCUT2D eigenvalue weighted by Gasteiger charge is 2.35. The number of hydrogen-bond acceptors (Lipinski definition) is 6. The summed E-state index contributed by atoms with van der Waals surface area (Å²) >= 11 is 6.71. The average molecular weight is 480 g/mol. The van der Waals surface area contributed by atoms with E-state index in [9.17, 15) is 9.90 Å². The smallest absolute Gasteiger partial charge is 0.342 e. The highest BCUT2D eigenvalue weighted by Crippen LogP contribution is 2.48. The fourth-order valence-corrected chi connectivity index (χ4v) is 5.16. The predicted molar refractivity (Wildman–Crippen MR) is 132 cm³/mol. The monoisotopic (exact) mass is 479 g/mol. The molecule has 0 spiro atoms. The summed E-state index contributed by atoms with van der Waals surface area (Å²) in [5, 5.41) is 14.3. The number of esters is 1. The molecule has 4 aromatic rings. The van der Waals surface area contributed by atoms with Gasteiger partial charge < -0.3 is 19.0 Å². The summed E-state index contributed by atoms with van der Waals surface area (Å²) in [6.07, 6.45) is 0. The number of carbonyl (C=O) groups is 1. The average Bonchev–Trinajstić information content (AvgIpc) is 3.20. The van der Waals surface area contributed by atoms with Gasteiger partial charge in [-0.3, -0.25) is 4.90 Å². The van der Waals surface area contributed by atoms with Gasteiger partial charge in [0.1, 0.15) is 22.7 Å². The molecule has 0 amide bonds. The van der Waals surface area contributed by atoms with Crippen molar-refractivity contribution < 1.29 is 23.8 Å². The van der Waals surface area contributed by atoms with Gasteiger partial charge >= 0.3 is 5.97 Å². The van der Waals surface area contributed by atoms with Gasteiger partial charge in [-0.05, 0) is 25.5 Å². The zero-order chi connectivity index (χ0) is 23.8. The number of morpholine rings is 1. The van der Waals surface area contributed by atoms with Crippen LogP contribution in [0.25, 0.3) is 21.7 Å². The summed E-state index contributed by atoms with van der Waals surface area (Å²) < 4.78 is 17.2. The number of rotatable bonds is 5. The molecule has 1 fully saturated rings. The maximum atomic E-state index is 13.1. The van der Waals surface area contributed by atoms with Crippen LogP contribution < -0.4 is 0 Å². The van der Waals surface area contributed by atoms with Gasteiger partial charge in [0.15, 0.2) is 0 Å². The summed E-state index contributed by atoms with van der Waals surface area (Å²) in [4.78, 5) is 15.3. The fraction of sp³-hybridized carbons (Fsp3) is 0.296. The van der Waals surface area contributed by atoms with Crippen LogP contribution in [0.2, 0.25) is 5.02 Å². The van der Waals surface area contributed by atoms with Crippen molar-refractivity contribution >= 4 is 39.3 Å². The molecule has 1 aliphatic heterocycles. The van der Waals surface area contributed by atoms with E-state index < -0.39 is 12.0 Å². The number of hydrogen-bond donors (Lipinski definition) is 1. The summed E-state index contributed by atoms with van der Waals surface area (Å²) in [6, 6.07) is 14.7. The first-order chi connectivity index (χ1) is 16.5. The topological polar surface area (TPSA) is 72.1 Å². The Labute approximate surface area is 202 Å². The van der Waals surface area contributed by atoms with Gasteiger partial charge in [0.25, 0.3) is 0 Å². The van der Waals surface area contributed by atoms with Crippen LogP contribution >= 0.6 is 11.6 Å². The van der Waals surface area contributed by atoms with E-state index in [1.165, 1.54) is 0 Å². The number of fused-ring (bicyclic) bond motifs is 3. The van der Waals surface area contributed by atoms with E-state index in [1.54, 1.807) is 13.8 Å². The molecule has 1 saturated heterocycles. The summed E-state index contributed by atoms with van der Waals surface area (Å²) in [7, 11) is 0. The molecule has 1 N–H and O–H groups in total. The minimum absolute atomic E-state index is 0.103. The van der Waals surface area contributed by atoms with Crippen LogP contribution in [0.1, 0.15) is 40.2 Å². The van der Waals surface area contributed by atoms with Gasteiger partial charge in [-0.15, -0.1) is 0 Å². The molecule has 6 nitrogen and oxygen atoms in total. The third kappa shape index (κ3) is 3.72. The Morgan fingerprint density at radius 3 is 2.50 bits per heavy atom. The third-order valence-electron chi connectivity index (χ3n) is 6.40. The van der Waals surface area contributed by atoms with Crippen LogP contribution in [0.3, 0.4) is 0 Å². The second-order valence-corrected chi connectivity index (χ2v) is 8.75. The molecule has 34 heavy (non-hydrogen) atoms. The van der Waals surface area contributed by atoms with Crippen molar-refractivity contribution in [1.29, 1.82) is 0 Å². The number of benzene rings is 3. The molecule has 0 aliphatic carbocycles. The molecule has 1 atom stereocenters. The van der Waals surface area contributed by atoms with Crippen molar-refractivity contribution in [2.45, 2.75) is 19.9 Å². The molecule has 2 heterocycles. The molecule has 1 aliphatic rings. The zero-order valence-electron chi connectivity index (χ0n) is 19.1. The van der Waals surface area contributed by atoms with Gasteiger partial charge in [-0.2, -0.15) is 0 Å². The van der Waals surface area contributed by atoms with E-state index in [-0.39, 0.29) is 12.4 Å². The molecule has 3 aromatic carbocycles. The number of phenols is 1. The molecule has 1 aromatic heterocycles. The maximum absolute atomic E-state index is 13.1. The molecule has 0 saturated carbocycles. The Morgan fingerprint density at radius 2 is 1.79 bits per heavy atom. The number of carbonyl (C=O) groups excluding carboxylic acids is 1. The highest BCUT2D eigenvalue weighted by molar-refractivity contribution is 6.31. The van der Waals surface area contributed by atoms with Crippen LogP contribution in [0, 0.1) is 6.92 Å². The summed E-state index contributed by atoms with van der Waals surface area (Å²) in [5.74, 6) is 0.0748. The molecule has 176 valence electrons. The lowest BCUT2D eigenvalue weighted by atomic mass is 9.88. The van der Waals surface area contributed by atoms with Gasteiger partial charge in [0.2, 0.25) is 0 Å². The second kappa shape index (κ2) is 9.29. The number of aromatic hydroxyl groups is 1. The Bertz CT molecular complexity index is 1370. The van der Waals surface area contributed by atoms with E-state index in [0.717, 1.165) is 10.9 Å². The number of furan rings is 1. The predicted octanol–water partition coefficient (Wildman–Crippen LogP) is 5.85. The molecule has 5 rings (SSSR count). The maximum Gasteiger partial charge on any atom is 0.342 e. The van der Waals surface area contributed by atoms with Crippen molar-refractivity contribution in [3.8, 4) is 5.75 Å². The number of aryl methyl sites for hydroxylation is 1. The van der Waals surface area contributed by atoms with Crippen molar-refractivity contribution in [2.24, 2.45) is 0 Å². The standard InChI is InChI=1S/C27H26ClNO5/c1-3-33-27(31)21-16(2)34-26-18-9-5-4-8-17(18)25(30)23(22(21)26)24(29-12-14-32-15-13-29)19-10-6-7-11-20(19)28/h4-11,24,30H,3,12-15H2,1-2H3/t24-/m0/s1. The van der Waals surface area contributed by atoms with Crippen molar-refractivity contribution in [1.82, 2.24) is 4.90 Å². The Balaban J connectivity index is 1.91. The van der Waals surface area contributed by atoms with Crippen molar-refractivity contribution in [3.63, 3.8) is 0 Å². The number of phenolic OH excluding ortho intramolecular Hbond substituents is 1. The summed E-state index contributed by atoms with van der Waals surface area (Å²) in [6.45, 7) is 6.17. The fourth-order valence-electron chi connectivity index (χ4n) is 4.93. The Morgan fingerprint density at radius 1 is 1.12 bits per heavy atom. The first-order valence-electron chi connectivity index (χ1n) is 11.4. The first-order valence-corrected chi connectivity index (χ1v) is 11.8. The minimum atomic E-state index is -0.477. The summed E-state index contributed by atoms with van der Waals surface area (Å²) in [5.41, 5.74) is 2.31. The van der Waals surface area contributed by atoms with Gasteiger partial charge in [0, 0.05) is 39.8 Å². The third-order valence-corrected chi connectivity index (χ3v) is 6.74. The number of ether oxygens (including phenoxy) is 2. The van der Waals surface area contributed by atoms with Crippen LogP contribution in [-0.4, -0.2) is 48.9 Å². The van der Waals surface area contributed by atoms with Crippen LogP contribution in [0.15, 0.2) is 52.9 Å². The number of nitrogens with zero attached hydrogens (tertiary/aromatic N) is 1. The van der Waals surface area contributed by atoms with Gasteiger partial charge in [-0.1, -0.05) is 54.1 Å². The molecular formula is C27H26ClNO5. The molecule has 0 radical (unpaired) electrons. The van der Waals surface area contributed by atoms with Gasteiger partial charge in [-0.25, -0.2) is 4.79 Å². The van der Waals surface area contributed by atoms with Crippen molar-refractivity contribution in [3.05, 3.63) is 76.0 Å². The van der Waals surface area contributed by atoms with Crippen LogP contribution in [0.4, 0.5) is 0 Å². The van der Waals surface area contributed by atoms with Crippen LogP contribution in [-0.2, 0) is 9.47 Å². The Hall–Kier alpha value is -3.06. The van der Waals surface area contributed by atoms with E-state index >= 15 is 0 Å². The van der Waals surface area contributed by atoms with E-state index in [1.807, 2.05) is 48.5 Å². The molecule has 7 heteroatoms. The lowest BCUT2D eigenvalue weighted by Crippen LogP contribution is -2.39. The minimum Gasteiger partial charge on any atom is -0.507 e. The second-order valence-electron chi connectivity index (χ2n) is 8.34. The van der Waals surface area contributed by atoms with Gasteiger partial charge in [0.05, 0.1) is 25.9 Å². The quantitative estimate of drug-likeness (QED) is 0.362. The lowest BCUT2D eigenvalue weighted by molar-refractivity contribution is 0.0238. The number of halogens is 1. The van der Waals surface area contributed by atoms with Crippen molar-refractivity contribution in [2.75, 3.05) is 32.9 Å². The van der Waals surface area contributed by atoms with Crippen LogP contribution in [0.5, 0.6) is 5.75 Å². The van der Waals surface area contributed by atoms with E-state index in [0.29, 0.717) is 64.6 Å².